The fourth-order valence-electron chi connectivity index (χ4n) is 3.23. The number of nitrogens with zero attached hydrogens (tertiary/aromatic N) is 1. The molecule has 164 valence electrons. The lowest BCUT2D eigenvalue weighted by atomic mass is 10.1. The van der Waals surface area contributed by atoms with Gasteiger partial charge in [-0.2, -0.15) is 0 Å². The molecule has 1 saturated heterocycles. The van der Waals surface area contributed by atoms with E-state index in [1.165, 1.54) is 18.1 Å². The summed E-state index contributed by atoms with van der Waals surface area (Å²) >= 11 is 5.99. The van der Waals surface area contributed by atoms with Gasteiger partial charge >= 0.3 is 0 Å². The van der Waals surface area contributed by atoms with Gasteiger partial charge in [0.15, 0.2) is 11.5 Å². The molecule has 0 aromatic heterocycles. The van der Waals surface area contributed by atoms with Crippen molar-refractivity contribution in [1.82, 2.24) is 10.9 Å². The summed E-state index contributed by atoms with van der Waals surface area (Å²) in [6, 6.07) is 11.6. The highest BCUT2D eigenvalue weighted by molar-refractivity contribution is 6.31. The van der Waals surface area contributed by atoms with E-state index >= 15 is 0 Å². The molecule has 2 aromatic rings. The molecule has 1 aliphatic heterocycles. The van der Waals surface area contributed by atoms with Gasteiger partial charge in [0.1, 0.15) is 0 Å². The fraction of sp³-hybridized carbons (Fsp3) is 0.318. The van der Waals surface area contributed by atoms with Crippen LogP contribution in [0, 0.1) is 5.92 Å². The molecule has 2 N–H and O–H groups in total. The summed E-state index contributed by atoms with van der Waals surface area (Å²) in [5.74, 6) is -0.811. The summed E-state index contributed by atoms with van der Waals surface area (Å²) in [5, 5.41) is 0.505. The molecule has 1 atom stereocenters. The molecule has 0 aliphatic carbocycles. The lowest BCUT2D eigenvalue weighted by Crippen LogP contribution is -2.45. The van der Waals surface area contributed by atoms with Crippen LogP contribution in [0.1, 0.15) is 30.6 Å². The second-order valence-electron chi connectivity index (χ2n) is 7.36. The lowest BCUT2D eigenvalue weighted by Gasteiger charge is -2.17. The van der Waals surface area contributed by atoms with Gasteiger partial charge in [-0.15, -0.1) is 0 Å². The normalized spacial score (nSPS) is 15.7. The number of methoxy groups -OCH3 is 1. The van der Waals surface area contributed by atoms with Gasteiger partial charge in [-0.05, 0) is 50.2 Å². The van der Waals surface area contributed by atoms with E-state index in [-0.39, 0.29) is 30.5 Å². The van der Waals surface area contributed by atoms with Crippen LogP contribution < -0.4 is 25.2 Å². The lowest BCUT2D eigenvalue weighted by molar-refractivity contribution is -0.126. The van der Waals surface area contributed by atoms with Crippen LogP contribution in [0.25, 0.3) is 0 Å². The SMILES string of the molecule is COc1cc(C(=O)NNC(=O)C2CC(=O)N(c3cccc(Cl)c3)C2)ccc1OC(C)C. The molecule has 2 aromatic carbocycles. The Morgan fingerprint density at radius 1 is 1.13 bits per heavy atom. The Morgan fingerprint density at radius 3 is 2.58 bits per heavy atom. The van der Waals surface area contributed by atoms with Crippen LogP contribution in [0.2, 0.25) is 5.02 Å². The second kappa shape index (κ2) is 9.70. The van der Waals surface area contributed by atoms with Crippen molar-refractivity contribution in [2.24, 2.45) is 5.92 Å². The summed E-state index contributed by atoms with van der Waals surface area (Å²) in [6.07, 6.45) is -0.00280. The van der Waals surface area contributed by atoms with Crippen molar-refractivity contribution in [3.8, 4) is 11.5 Å². The van der Waals surface area contributed by atoms with Crippen molar-refractivity contribution in [3.05, 3.63) is 53.1 Å². The minimum atomic E-state index is -0.594. The number of benzene rings is 2. The van der Waals surface area contributed by atoms with Crippen molar-refractivity contribution in [3.63, 3.8) is 0 Å². The smallest absolute Gasteiger partial charge is 0.269 e. The zero-order chi connectivity index (χ0) is 22.5. The summed E-state index contributed by atoms with van der Waals surface area (Å²) in [5.41, 5.74) is 5.70. The summed E-state index contributed by atoms with van der Waals surface area (Å²) in [4.78, 5) is 38.8. The van der Waals surface area contributed by atoms with Crippen molar-refractivity contribution in [1.29, 1.82) is 0 Å². The zero-order valence-electron chi connectivity index (χ0n) is 17.5. The van der Waals surface area contributed by atoms with Crippen molar-refractivity contribution in [2.45, 2.75) is 26.4 Å². The van der Waals surface area contributed by atoms with Gasteiger partial charge in [0.25, 0.3) is 5.91 Å². The predicted molar refractivity (Wildman–Crippen MR) is 116 cm³/mol. The Labute approximate surface area is 185 Å². The first-order chi connectivity index (χ1) is 14.8. The number of rotatable bonds is 6. The van der Waals surface area contributed by atoms with Crippen molar-refractivity contribution in [2.75, 3.05) is 18.6 Å². The Hall–Kier alpha value is -3.26. The van der Waals surface area contributed by atoms with Crippen LogP contribution in [-0.4, -0.2) is 37.5 Å². The molecule has 0 spiro atoms. The maximum atomic E-state index is 12.5. The summed E-state index contributed by atoms with van der Waals surface area (Å²) in [7, 11) is 1.48. The molecule has 8 nitrogen and oxygen atoms in total. The maximum absolute atomic E-state index is 12.5. The first-order valence-corrected chi connectivity index (χ1v) is 10.2. The fourth-order valence-corrected chi connectivity index (χ4v) is 3.41. The van der Waals surface area contributed by atoms with E-state index in [0.717, 1.165) is 0 Å². The molecule has 9 heteroatoms. The average molecular weight is 446 g/mol. The van der Waals surface area contributed by atoms with E-state index in [2.05, 4.69) is 10.9 Å². The van der Waals surface area contributed by atoms with Crippen LogP contribution in [0.3, 0.4) is 0 Å². The largest absolute Gasteiger partial charge is 0.493 e. The zero-order valence-corrected chi connectivity index (χ0v) is 18.2. The number of amides is 3. The van der Waals surface area contributed by atoms with Gasteiger partial charge < -0.3 is 14.4 Å². The Morgan fingerprint density at radius 2 is 1.90 bits per heavy atom. The van der Waals surface area contributed by atoms with E-state index in [1.807, 2.05) is 13.8 Å². The third-order valence-corrected chi connectivity index (χ3v) is 4.94. The maximum Gasteiger partial charge on any atom is 0.269 e. The Kier molecular flexibility index (Phi) is 7.02. The van der Waals surface area contributed by atoms with Crippen LogP contribution >= 0.6 is 11.6 Å². The minimum absolute atomic E-state index is 0.0449. The molecule has 1 heterocycles. The predicted octanol–water partition coefficient (Wildman–Crippen LogP) is 2.95. The van der Waals surface area contributed by atoms with Gasteiger partial charge in [0, 0.05) is 29.2 Å². The van der Waals surface area contributed by atoms with Crippen LogP contribution in [-0.2, 0) is 9.59 Å². The number of carbonyl (C=O) groups excluding carboxylic acids is 3. The number of hydrogen-bond acceptors (Lipinski definition) is 5. The number of ether oxygens (including phenoxy) is 2. The third-order valence-electron chi connectivity index (χ3n) is 4.70. The van der Waals surface area contributed by atoms with E-state index < -0.39 is 17.7 Å². The molecule has 3 rings (SSSR count). The second-order valence-corrected chi connectivity index (χ2v) is 7.80. The van der Waals surface area contributed by atoms with Crippen LogP contribution in [0.4, 0.5) is 5.69 Å². The first-order valence-electron chi connectivity index (χ1n) is 9.79. The topological polar surface area (TPSA) is 97.0 Å². The van der Waals surface area contributed by atoms with Gasteiger partial charge in [0.2, 0.25) is 11.8 Å². The van der Waals surface area contributed by atoms with E-state index in [9.17, 15) is 14.4 Å². The number of hydrogen-bond donors (Lipinski definition) is 2. The summed E-state index contributed by atoms with van der Waals surface area (Å²) < 4.78 is 10.9. The quantitative estimate of drug-likeness (QED) is 0.666. The number of anilines is 1. The number of halogens is 1. The highest BCUT2D eigenvalue weighted by Gasteiger charge is 2.35. The monoisotopic (exact) mass is 445 g/mol. The number of hydrazine groups is 1. The number of nitrogens with one attached hydrogen (secondary N) is 2. The highest BCUT2D eigenvalue weighted by atomic mass is 35.5. The molecular formula is C22H24ClN3O5. The van der Waals surface area contributed by atoms with Crippen molar-refractivity contribution < 1.29 is 23.9 Å². The molecule has 31 heavy (non-hydrogen) atoms. The first kappa shape index (κ1) is 22.4. The molecule has 3 amide bonds. The molecule has 1 unspecified atom stereocenters. The van der Waals surface area contributed by atoms with E-state index in [1.54, 1.807) is 36.4 Å². The molecular weight excluding hydrogens is 422 g/mol. The van der Waals surface area contributed by atoms with Gasteiger partial charge in [-0.1, -0.05) is 17.7 Å². The third kappa shape index (κ3) is 5.46. The molecule has 0 bridgehead atoms. The molecule has 1 aliphatic rings. The Bertz CT molecular complexity index is 995. The molecule has 0 radical (unpaired) electrons. The van der Waals surface area contributed by atoms with Crippen LogP contribution in [0.5, 0.6) is 11.5 Å². The van der Waals surface area contributed by atoms with E-state index in [4.69, 9.17) is 21.1 Å². The Balaban J connectivity index is 1.59. The van der Waals surface area contributed by atoms with Crippen LogP contribution in [0.15, 0.2) is 42.5 Å². The highest BCUT2D eigenvalue weighted by Crippen LogP contribution is 2.29. The van der Waals surface area contributed by atoms with Gasteiger partial charge in [0.05, 0.1) is 19.1 Å². The van der Waals surface area contributed by atoms with Crippen molar-refractivity contribution >= 4 is 35.0 Å². The average Bonchev–Trinajstić information content (AvgIpc) is 3.13. The molecule has 0 saturated carbocycles. The van der Waals surface area contributed by atoms with E-state index in [0.29, 0.717) is 22.2 Å². The standard InChI is InChI=1S/C22H24ClN3O5/c1-13(2)31-18-8-7-14(9-19(18)30-3)21(28)24-25-22(29)15-10-20(27)26(12-15)17-6-4-5-16(23)11-17/h4-9,11,13,15H,10,12H2,1-3H3,(H,24,28)(H,25,29). The van der Waals surface area contributed by atoms with Gasteiger partial charge in [-0.3, -0.25) is 25.2 Å². The summed E-state index contributed by atoms with van der Waals surface area (Å²) in [6.45, 7) is 3.98. The molecule has 1 fully saturated rings. The minimum Gasteiger partial charge on any atom is -0.493 e. The van der Waals surface area contributed by atoms with Gasteiger partial charge in [-0.25, -0.2) is 0 Å². The number of carbonyl (C=O) groups is 3.